The quantitative estimate of drug-likeness (QED) is 0.666. The van der Waals surface area contributed by atoms with Crippen molar-refractivity contribution in [2.24, 2.45) is 0 Å². The van der Waals surface area contributed by atoms with Crippen molar-refractivity contribution in [2.75, 3.05) is 24.3 Å². The lowest BCUT2D eigenvalue weighted by Gasteiger charge is -2.09. The summed E-state index contributed by atoms with van der Waals surface area (Å²) < 4.78 is 31.4. The van der Waals surface area contributed by atoms with E-state index in [1.54, 1.807) is 13.2 Å². The van der Waals surface area contributed by atoms with E-state index in [0.717, 1.165) is 24.3 Å². The molecule has 2 N–H and O–H groups in total. The summed E-state index contributed by atoms with van der Waals surface area (Å²) in [5.74, 6) is 0.142. The van der Waals surface area contributed by atoms with Gasteiger partial charge >= 0.3 is 0 Å². The Balaban J connectivity index is 1.57. The van der Waals surface area contributed by atoms with Gasteiger partial charge in [-0.2, -0.15) is 0 Å². The predicted molar refractivity (Wildman–Crippen MR) is 96.9 cm³/mol. The van der Waals surface area contributed by atoms with Crippen molar-refractivity contribution in [3.8, 4) is 5.75 Å². The fourth-order valence-corrected chi connectivity index (χ4v) is 2.37. The van der Waals surface area contributed by atoms with Crippen LogP contribution in [0.1, 0.15) is 5.56 Å². The Morgan fingerprint density at radius 2 is 1.69 bits per heavy atom. The van der Waals surface area contributed by atoms with Gasteiger partial charge in [0.15, 0.2) is 11.6 Å². The molecule has 0 unspecified atom stereocenters. The van der Waals surface area contributed by atoms with E-state index >= 15 is 0 Å². The highest BCUT2D eigenvalue weighted by Crippen LogP contribution is 2.19. The Labute approximate surface area is 150 Å². The molecule has 1 heterocycles. The maximum Gasteiger partial charge on any atom is 0.160 e. The standard InChI is InChI=1S/C19H18F2N4O/c1-26-15-5-2-13(3-6-15)8-9-22-18-11-19(24-12-23-18)25-14-4-7-16(20)17(21)10-14/h2-7,10-12H,8-9H2,1H3,(H2,22,23,24,25). The number of methoxy groups -OCH3 is 1. The van der Waals surface area contributed by atoms with Crippen LogP contribution in [0.25, 0.3) is 0 Å². The molecule has 5 nitrogen and oxygen atoms in total. The molecule has 0 aliphatic rings. The molecule has 0 amide bonds. The first-order valence-electron chi connectivity index (χ1n) is 8.05. The lowest BCUT2D eigenvalue weighted by molar-refractivity contribution is 0.414. The summed E-state index contributed by atoms with van der Waals surface area (Å²) in [4.78, 5) is 8.23. The molecule has 0 fully saturated rings. The lowest BCUT2D eigenvalue weighted by atomic mass is 10.1. The largest absolute Gasteiger partial charge is 0.497 e. The molecule has 26 heavy (non-hydrogen) atoms. The van der Waals surface area contributed by atoms with Crippen molar-refractivity contribution in [2.45, 2.75) is 6.42 Å². The summed E-state index contributed by atoms with van der Waals surface area (Å²) >= 11 is 0. The van der Waals surface area contributed by atoms with E-state index in [4.69, 9.17) is 4.74 Å². The first-order chi connectivity index (χ1) is 12.6. The molecule has 3 rings (SSSR count). The monoisotopic (exact) mass is 356 g/mol. The van der Waals surface area contributed by atoms with Gasteiger partial charge in [0, 0.05) is 24.4 Å². The zero-order valence-electron chi connectivity index (χ0n) is 14.2. The average Bonchev–Trinajstić information content (AvgIpc) is 2.66. The smallest absolute Gasteiger partial charge is 0.160 e. The summed E-state index contributed by atoms with van der Waals surface area (Å²) in [6, 6.07) is 13.1. The normalized spacial score (nSPS) is 10.4. The van der Waals surface area contributed by atoms with Crippen LogP contribution in [0.4, 0.5) is 26.1 Å². The number of rotatable bonds is 7. The van der Waals surface area contributed by atoms with Gasteiger partial charge in [-0.3, -0.25) is 0 Å². The van der Waals surface area contributed by atoms with Crippen LogP contribution >= 0.6 is 0 Å². The molecule has 3 aromatic rings. The molecular weight excluding hydrogens is 338 g/mol. The highest BCUT2D eigenvalue weighted by molar-refractivity contribution is 5.58. The van der Waals surface area contributed by atoms with Crippen molar-refractivity contribution in [3.63, 3.8) is 0 Å². The second-order valence-corrected chi connectivity index (χ2v) is 5.57. The first-order valence-corrected chi connectivity index (χ1v) is 8.05. The van der Waals surface area contributed by atoms with Gasteiger partial charge in [-0.25, -0.2) is 18.7 Å². The highest BCUT2D eigenvalue weighted by atomic mass is 19.2. The first kappa shape index (κ1) is 17.6. The minimum Gasteiger partial charge on any atom is -0.497 e. The summed E-state index contributed by atoms with van der Waals surface area (Å²) in [7, 11) is 1.64. The Kier molecular flexibility index (Phi) is 5.58. The number of anilines is 3. The molecule has 0 radical (unpaired) electrons. The van der Waals surface area contributed by atoms with Crippen molar-refractivity contribution in [3.05, 3.63) is 72.1 Å². The zero-order valence-corrected chi connectivity index (χ0v) is 14.2. The van der Waals surface area contributed by atoms with E-state index in [2.05, 4.69) is 20.6 Å². The SMILES string of the molecule is COc1ccc(CCNc2cc(Nc3ccc(F)c(F)c3)ncn2)cc1. The third-order valence-electron chi connectivity index (χ3n) is 3.74. The number of ether oxygens (including phenoxy) is 1. The lowest BCUT2D eigenvalue weighted by Crippen LogP contribution is -2.07. The van der Waals surface area contributed by atoms with Crippen LogP contribution in [0.5, 0.6) is 5.75 Å². The van der Waals surface area contributed by atoms with Crippen LogP contribution in [-0.2, 0) is 6.42 Å². The zero-order chi connectivity index (χ0) is 18.4. The maximum absolute atomic E-state index is 13.3. The van der Waals surface area contributed by atoms with E-state index in [1.807, 2.05) is 24.3 Å². The Hall–Kier alpha value is -3.22. The van der Waals surface area contributed by atoms with Crippen molar-refractivity contribution >= 4 is 17.3 Å². The number of hydrogen-bond acceptors (Lipinski definition) is 5. The van der Waals surface area contributed by atoms with Crippen LogP contribution < -0.4 is 15.4 Å². The number of aromatic nitrogens is 2. The third-order valence-corrected chi connectivity index (χ3v) is 3.74. The summed E-state index contributed by atoms with van der Waals surface area (Å²) in [6.07, 6.45) is 2.22. The molecule has 7 heteroatoms. The van der Waals surface area contributed by atoms with Crippen LogP contribution in [0.3, 0.4) is 0 Å². The molecule has 0 saturated heterocycles. The Morgan fingerprint density at radius 3 is 2.42 bits per heavy atom. The van der Waals surface area contributed by atoms with Crippen LogP contribution in [0.2, 0.25) is 0 Å². The van der Waals surface area contributed by atoms with E-state index in [1.165, 1.54) is 18.0 Å². The van der Waals surface area contributed by atoms with Crippen molar-refractivity contribution in [1.29, 1.82) is 0 Å². The predicted octanol–water partition coefficient (Wildman–Crippen LogP) is 4.16. The van der Waals surface area contributed by atoms with Gasteiger partial charge in [-0.1, -0.05) is 12.1 Å². The van der Waals surface area contributed by atoms with E-state index in [9.17, 15) is 8.78 Å². The summed E-state index contributed by atoms with van der Waals surface area (Å²) in [5, 5.41) is 6.13. The van der Waals surface area contributed by atoms with Gasteiger partial charge < -0.3 is 15.4 Å². The van der Waals surface area contributed by atoms with Crippen molar-refractivity contribution in [1.82, 2.24) is 9.97 Å². The highest BCUT2D eigenvalue weighted by Gasteiger charge is 2.04. The number of hydrogen-bond donors (Lipinski definition) is 2. The minimum atomic E-state index is -0.915. The number of nitrogens with one attached hydrogen (secondary N) is 2. The van der Waals surface area contributed by atoms with Gasteiger partial charge in [0.05, 0.1) is 7.11 Å². The number of halogens is 2. The summed E-state index contributed by atoms with van der Waals surface area (Å²) in [5.41, 5.74) is 1.58. The second kappa shape index (κ2) is 8.24. The van der Waals surface area contributed by atoms with E-state index in [0.29, 0.717) is 23.9 Å². The number of nitrogens with zero attached hydrogens (tertiary/aromatic N) is 2. The van der Waals surface area contributed by atoms with Gasteiger partial charge in [0.1, 0.15) is 23.7 Å². The molecular formula is C19H18F2N4O. The molecule has 0 saturated carbocycles. The summed E-state index contributed by atoms with van der Waals surface area (Å²) in [6.45, 7) is 0.688. The van der Waals surface area contributed by atoms with Gasteiger partial charge in [-0.05, 0) is 36.2 Å². The van der Waals surface area contributed by atoms with Crippen LogP contribution in [-0.4, -0.2) is 23.6 Å². The van der Waals surface area contributed by atoms with Gasteiger partial charge in [-0.15, -0.1) is 0 Å². The third kappa shape index (κ3) is 4.66. The fraction of sp³-hybridized carbons (Fsp3) is 0.158. The topological polar surface area (TPSA) is 59.1 Å². The second-order valence-electron chi connectivity index (χ2n) is 5.57. The molecule has 0 spiro atoms. The molecule has 134 valence electrons. The van der Waals surface area contributed by atoms with Crippen molar-refractivity contribution < 1.29 is 13.5 Å². The maximum atomic E-state index is 13.3. The Morgan fingerprint density at radius 1 is 0.923 bits per heavy atom. The van der Waals surface area contributed by atoms with Crippen LogP contribution in [0.15, 0.2) is 54.9 Å². The molecule has 0 aliphatic carbocycles. The molecule has 0 bridgehead atoms. The van der Waals surface area contributed by atoms with Gasteiger partial charge in [0.2, 0.25) is 0 Å². The van der Waals surface area contributed by atoms with Gasteiger partial charge in [0.25, 0.3) is 0 Å². The van der Waals surface area contributed by atoms with E-state index < -0.39 is 11.6 Å². The molecule has 0 atom stereocenters. The number of benzene rings is 2. The molecule has 1 aromatic heterocycles. The Bertz CT molecular complexity index is 872. The average molecular weight is 356 g/mol. The van der Waals surface area contributed by atoms with Crippen LogP contribution in [0, 0.1) is 11.6 Å². The fourth-order valence-electron chi connectivity index (χ4n) is 2.37. The minimum absolute atomic E-state index is 0.409. The van der Waals surface area contributed by atoms with E-state index in [-0.39, 0.29) is 0 Å². The molecule has 0 aliphatic heterocycles. The molecule has 2 aromatic carbocycles.